The maximum atomic E-state index is 11.4. The first-order valence-corrected chi connectivity index (χ1v) is 7.42. The van der Waals surface area contributed by atoms with Gasteiger partial charge in [-0.05, 0) is 42.9 Å². The van der Waals surface area contributed by atoms with Crippen molar-refractivity contribution < 1.29 is 9.90 Å². The zero-order valence-corrected chi connectivity index (χ0v) is 12.9. The molecule has 110 valence electrons. The largest absolute Gasteiger partial charge is 0.480 e. The maximum Gasteiger partial charge on any atom is 0.320 e. The molecule has 1 aromatic rings. The van der Waals surface area contributed by atoms with E-state index in [2.05, 4.69) is 38.1 Å². The fraction of sp³-hybridized carbons (Fsp3) is 0.588. The Morgan fingerprint density at radius 1 is 1.45 bits per heavy atom. The van der Waals surface area contributed by atoms with Crippen molar-refractivity contribution in [2.75, 3.05) is 7.05 Å². The highest BCUT2D eigenvalue weighted by atomic mass is 16.4. The topological polar surface area (TPSA) is 40.5 Å². The van der Waals surface area contributed by atoms with Crippen LogP contribution in [0.15, 0.2) is 24.3 Å². The lowest BCUT2D eigenvalue weighted by Crippen LogP contribution is -2.43. The zero-order chi connectivity index (χ0) is 14.9. The van der Waals surface area contributed by atoms with Gasteiger partial charge in [-0.15, -0.1) is 0 Å². The second-order valence-corrected chi connectivity index (χ2v) is 6.45. The number of carbonyl (C=O) groups is 1. The number of aliphatic carboxylic acids is 1. The number of likely N-dealkylation sites (N-methyl/N-ethyl adjacent to an activating group) is 1. The smallest absolute Gasteiger partial charge is 0.320 e. The summed E-state index contributed by atoms with van der Waals surface area (Å²) >= 11 is 0. The van der Waals surface area contributed by atoms with Gasteiger partial charge in [0.15, 0.2) is 0 Å². The molecule has 1 aliphatic rings. The molecule has 3 nitrogen and oxygen atoms in total. The molecule has 20 heavy (non-hydrogen) atoms. The Morgan fingerprint density at radius 3 is 2.70 bits per heavy atom. The van der Waals surface area contributed by atoms with E-state index in [1.54, 1.807) is 0 Å². The number of nitrogens with zero attached hydrogens (tertiary/aromatic N) is 1. The molecular weight excluding hydrogens is 250 g/mol. The standard InChI is InChI=1S/C17H25NO2/c1-5-14(16(19)20)18(4)15-10-11-17(2,3)13-9-7-6-8-12(13)15/h6-9,14-15H,5,10-11H2,1-4H3,(H,19,20). The quantitative estimate of drug-likeness (QED) is 0.913. The Kier molecular flexibility index (Phi) is 4.19. The van der Waals surface area contributed by atoms with Crippen LogP contribution in [-0.4, -0.2) is 29.1 Å². The predicted molar refractivity (Wildman–Crippen MR) is 80.9 cm³/mol. The van der Waals surface area contributed by atoms with Crippen molar-refractivity contribution in [3.8, 4) is 0 Å². The van der Waals surface area contributed by atoms with Crippen LogP contribution in [0.2, 0.25) is 0 Å². The molecule has 0 fully saturated rings. The molecule has 0 bridgehead atoms. The minimum absolute atomic E-state index is 0.179. The molecule has 0 aliphatic heterocycles. The number of rotatable bonds is 4. The minimum atomic E-state index is -0.725. The molecule has 2 rings (SSSR count). The SMILES string of the molecule is CCC(C(=O)O)N(C)C1CCC(C)(C)c2ccccc21. The van der Waals surface area contributed by atoms with Crippen LogP contribution in [0.4, 0.5) is 0 Å². The van der Waals surface area contributed by atoms with E-state index in [9.17, 15) is 9.90 Å². The Bertz CT molecular complexity index is 496. The summed E-state index contributed by atoms with van der Waals surface area (Å²) in [5, 5.41) is 9.38. The summed E-state index contributed by atoms with van der Waals surface area (Å²) in [6, 6.07) is 8.29. The highest BCUT2D eigenvalue weighted by molar-refractivity contribution is 5.73. The third-order valence-corrected chi connectivity index (χ3v) is 4.75. The second kappa shape index (κ2) is 5.57. The normalized spacial score (nSPS) is 22.4. The predicted octanol–water partition coefficient (Wildman–Crippen LogP) is 3.59. The number of carboxylic acids is 1. The number of benzene rings is 1. The van der Waals surface area contributed by atoms with Gasteiger partial charge < -0.3 is 5.11 Å². The monoisotopic (exact) mass is 275 g/mol. The summed E-state index contributed by atoms with van der Waals surface area (Å²) in [5.41, 5.74) is 2.84. The van der Waals surface area contributed by atoms with Gasteiger partial charge in [-0.3, -0.25) is 9.69 Å². The lowest BCUT2D eigenvalue weighted by molar-refractivity contribution is -0.144. The first kappa shape index (κ1) is 15.0. The van der Waals surface area contributed by atoms with E-state index in [0.29, 0.717) is 6.42 Å². The summed E-state index contributed by atoms with van der Waals surface area (Å²) in [6.07, 6.45) is 2.74. The molecule has 0 heterocycles. The molecule has 1 aromatic carbocycles. The van der Waals surface area contributed by atoms with Crippen molar-refractivity contribution in [2.45, 2.75) is 57.5 Å². The molecule has 3 heteroatoms. The molecule has 2 unspecified atom stereocenters. The lowest BCUT2D eigenvalue weighted by Gasteiger charge is -2.42. The molecule has 0 aromatic heterocycles. The lowest BCUT2D eigenvalue weighted by atomic mass is 9.70. The van der Waals surface area contributed by atoms with Crippen molar-refractivity contribution in [1.29, 1.82) is 0 Å². The number of hydrogen-bond acceptors (Lipinski definition) is 2. The Hall–Kier alpha value is -1.35. The first-order chi connectivity index (χ1) is 9.38. The van der Waals surface area contributed by atoms with Gasteiger partial charge in [-0.2, -0.15) is 0 Å². The van der Waals surface area contributed by atoms with Crippen LogP contribution in [0.25, 0.3) is 0 Å². The van der Waals surface area contributed by atoms with E-state index >= 15 is 0 Å². The summed E-state index contributed by atoms with van der Waals surface area (Å²) in [5.74, 6) is -0.725. The van der Waals surface area contributed by atoms with Crippen LogP contribution in [-0.2, 0) is 10.2 Å². The highest BCUT2D eigenvalue weighted by Gasteiger charge is 2.36. The number of carboxylic acid groups (broad SMARTS) is 1. The maximum absolute atomic E-state index is 11.4. The van der Waals surface area contributed by atoms with Crippen LogP contribution in [0.3, 0.4) is 0 Å². The van der Waals surface area contributed by atoms with Crippen LogP contribution in [0, 0.1) is 0 Å². The van der Waals surface area contributed by atoms with E-state index in [4.69, 9.17) is 0 Å². The molecule has 0 saturated heterocycles. The average Bonchev–Trinajstić information content (AvgIpc) is 2.39. The fourth-order valence-electron chi connectivity index (χ4n) is 3.47. The van der Waals surface area contributed by atoms with Crippen molar-refractivity contribution in [2.24, 2.45) is 0 Å². The summed E-state index contributed by atoms with van der Waals surface area (Å²) < 4.78 is 0. The molecule has 0 amide bonds. The second-order valence-electron chi connectivity index (χ2n) is 6.45. The molecule has 0 saturated carbocycles. The van der Waals surface area contributed by atoms with Crippen LogP contribution in [0.5, 0.6) is 0 Å². The molecule has 0 spiro atoms. The van der Waals surface area contributed by atoms with Gasteiger partial charge in [-0.25, -0.2) is 0 Å². The molecule has 0 radical (unpaired) electrons. The van der Waals surface area contributed by atoms with Gasteiger partial charge in [0.2, 0.25) is 0 Å². The van der Waals surface area contributed by atoms with E-state index in [1.807, 2.05) is 18.9 Å². The minimum Gasteiger partial charge on any atom is -0.480 e. The summed E-state index contributed by atoms with van der Waals surface area (Å²) in [4.78, 5) is 13.5. The Labute approximate surface area is 121 Å². The summed E-state index contributed by atoms with van der Waals surface area (Å²) in [6.45, 7) is 6.49. The number of hydrogen-bond donors (Lipinski definition) is 1. The molecular formula is C17H25NO2. The molecule has 1 aliphatic carbocycles. The third-order valence-electron chi connectivity index (χ3n) is 4.75. The average molecular weight is 275 g/mol. The van der Waals surface area contributed by atoms with Crippen molar-refractivity contribution in [3.05, 3.63) is 35.4 Å². The van der Waals surface area contributed by atoms with Crippen LogP contribution < -0.4 is 0 Å². The zero-order valence-electron chi connectivity index (χ0n) is 12.9. The van der Waals surface area contributed by atoms with E-state index in [0.717, 1.165) is 12.8 Å². The van der Waals surface area contributed by atoms with Crippen LogP contribution in [0.1, 0.15) is 57.2 Å². The van der Waals surface area contributed by atoms with E-state index in [-0.39, 0.29) is 11.5 Å². The first-order valence-electron chi connectivity index (χ1n) is 7.42. The number of fused-ring (bicyclic) bond motifs is 1. The van der Waals surface area contributed by atoms with Crippen LogP contribution >= 0.6 is 0 Å². The van der Waals surface area contributed by atoms with Gasteiger partial charge in [0.05, 0.1) is 0 Å². The van der Waals surface area contributed by atoms with Crippen molar-refractivity contribution >= 4 is 5.97 Å². The third kappa shape index (κ3) is 2.59. The highest BCUT2D eigenvalue weighted by Crippen LogP contribution is 2.44. The fourth-order valence-corrected chi connectivity index (χ4v) is 3.47. The van der Waals surface area contributed by atoms with E-state index < -0.39 is 12.0 Å². The van der Waals surface area contributed by atoms with Crippen molar-refractivity contribution in [3.63, 3.8) is 0 Å². The summed E-state index contributed by atoms with van der Waals surface area (Å²) in [7, 11) is 1.95. The van der Waals surface area contributed by atoms with Gasteiger partial charge in [0.1, 0.15) is 6.04 Å². The van der Waals surface area contributed by atoms with Gasteiger partial charge in [-0.1, -0.05) is 45.0 Å². The Morgan fingerprint density at radius 2 is 2.10 bits per heavy atom. The van der Waals surface area contributed by atoms with Gasteiger partial charge >= 0.3 is 5.97 Å². The molecule has 1 N–H and O–H groups in total. The van der Waals surface area contributed by atoms with Gasteiger partial charge in [0, 0.05) is 6.04 Å². The molecule has 2 atom stereocenters. The Balaban J connectivity index is 2.37. The van der Waals surface area contributed by atoms with Crippen molar-refractivity contribution in [1.82, 2.24) is 4.90 Å². The van der Waals surface area contributed by atoms with Gasteiger partial charge in [0.25, 0.3) is 0 Å². The van der Waals surface area contributed by atoms with E-state index in [1.165, 1.54) is 11.1 Å².